The summed E-state index contributed by atoms with van der Waals surface area (Å²) in [6.07, 6.45) is 3.58. The number of anilines is 1. The van der Waals surface area contributed by atoms with Crippen LogP contribution in [-0.2, 0) is 17.8 Å². The standard InChI is InChI=1S/C22H31N7O/c1-2-5-17(6-3-1)15-24-21-26-22-25-20-18(16-29(22)27-21)7-4-8-19(20)23-9-10-28-11-13-30-14-12-28/h1-3,5-6,18-19,23H,4,7-16H2,(H,24,27). The Labute approximate surface area is 177 Å². The Morgan fingerprint density at radius 3 is 2.83 bits per heavy atom. The summed E-state index contributed by atoms with van der Waals surface area (Å²) in [6, 6.07) is 10.7. The van der Waals surface area contributed by atoms with E-state index in [1.165, 1.54) is 24.1 Å². The molecule has 160 valence electrons. The third-order valence-electron chi connectivity index (χ3n) is 6.31. The van der Waals surface area contributed by atoms with Crippen molar-refractivity contribution in [2.45, 2.75) is 38.4 Å². The van der Waals surface area contributed by atoms with E-state index in [0.29, 0.717) is 17.9 Å². The number of nitrogens with zero attached hydrogens (tertiary/aromatic N) is 5. The first-order chi connectivity index (χ1) is 14.8. The quantitative estimate of drug-likeness (QED) is 0.729. The molecule has 1 aromatic heterocycles. The molecule has 0 radical (unpaired) electrons. The van der Waals surface area contributed by atoms with E-state index in [-0.39, 0.29) is 0 Å². The van der Waals surface area contributed by atoms with Crippen LogP contribution in [0.1, 0.15) is 24.8 Å². The molecule has 8 nitrogen and oxygen atoms in total. The maximum absolute atomic E-state index is 5.44. The van der Waals surface area contributed by atoms with E-state index < -0.39 is 0 Å². The van der Waals surface area contributed by atoms with Crippen molar-refractivity contribution in [1.82, 2.24) is 25.0 Å². The van der Waals surface area contributed by atoms with Crippen molar-refractivity contribution in [3.05, 3.63) is 35.9 Å². The van der Waals surface area contributed by atoms with Crippen molar-refractivity contribution >= 4 is 17.6 Å². The number of hydrogen-bond donors (Lipinski definition) is 2. The van der Waals surface area contributed by atoms with Crippen molar-refractivity contribution in [1.29, 1.82) is 0 Å². The lowest BCUT2D eigenvalue weighted by Crippen LogP contribution is -2.48. The van der Waals surface area contributed by atoms with Gasteiger partial charge in [0.05, 0.1) is 19.8 Å². The number of rotatable bonds is 7. The molecular formula is C22H31N7O. The number of benzene rings is 1. The molecule has 2 aliphatic heterocycles. The van der Waals surface area contributed by atoms with Gasteiger partial charge in [-0.3, -0.25) is 4.90 Å². The number of aliphatic imine (C=N–C) groups is 1. The minimum absolute atomic E-state index is 0.357. The van der Waals surface area contributed by atoms with Crippen LogP contribution in [0.4, 0.5) is 11.9 Å². The van der Waals surface area contributed by atoms with Crippen LogP contribution in [0.3, 0.4) is 0 Å². The molecule has 1 saturated heterocycles. The molecule has 30 heavy (non-hydrogen) atoms. The summed E-state index contributed by atoms with van der Waals surface area (Å²) in [7, 11) is 0. The zero-order chi connectivity index (χ0) is 20.2. The zero-order valence-corrected chi connectivity index (χ0v) is 17.5. The maximum atomic E-state index is 5.44. The van der Waals surface area contributed by atoms with E-state index in [4.69, 9.17) is 9.73 Å². The van der Waals surface area contributed by atoms with Gasteiger partial charge in [-0.1, -0.05) is 36.8 Å². The fraction of sp³-hybridized carbons (Fsp3) is 0.591. The van der Waals surface area contributed by atoms with Gasteiger partial charge in [0.2, 0.25) is 11.9 Å². The van der Waals surface area contributed by atoms with Crippen LogP contribution < -0.4 is 10.6 Å². The van der Waals surface area contributed by atoms with E-state index >= 15 is 0 Å². The van der Waals surface area contributed by atoms with Gasteiger partial charge in [0.1, 0.15) is 0 Å². The molecule has 1 aliphatic carbocycles. The van der Waals surface area contributed by atoms with Crippen molar-refractivity contribution in [2.75, 3.05) is 44.7 Å². The van der Waals surface area contributed by atoms with Crippen molar-refractivity contribution < 1.29 is 4.74 Å². The van der Waals surface area contributed by atoms with Gasteiger partial charge in [0, 0.05) is 50.4 Å². The summed E-state index contributed by atoms with van der Waals surface area (Å²) >= 11 is 0. The molecule has 1 aromatic carbocycles. The summed E-state index contributed by atoms with van der Waals surface area (Å²) < 4.78 is 7.41. The Balaban J connectivity index is 1.21. The van der Waals surface area contributed by atoms with E-state index in [2.05, 4.69) is 37.7 Å². The van der Waals surface area contributed by atoms with E-state index in [1.54, 1.807) is 0 Å². The molecule has 0 amide bonds. The van der Waals surface area contributed by atoms with Crippen LogP contribution in [0.5, 0.6) is 0 Å². The second kappa shape index (κ2) is 9.24. The highest BCUT2D eigenvalue weighted by Crippen LogP contribution is 2.31. The van der Waals surface area contributed by atoms with Crippen LogP contribution >= 0.6 is 0 Å². The summed E-state index contributed by atoms with van der Waals surface area (Å²) in [5, 5.41) is 11.8. The Bertz CT molecular complexity index is 860. The van der Waals surface area contributed by atoms with E-state index in [0.717, 1.165) is 64.9 Å². The Morgan fingerprint density at radius 2 is 1.97 bits per heavy atom. The molecule has 2 atom stereocenters. The number of morpholine rings is 1. The van der Waals surface area contributed by atoms with Crippen LogP contribution in [0.25, 0.3) is 0 Å². The van der Waals surface area contributed by atoms with Crippen molar-refractivity contribution in [2.24, 2.45) is 10.9 Å². The lowest BCUT2D eigenvalue weighted by atomic mass is 9.83. The first-order valence-electron chi connectivity index (χ1n) is 11.2. The topological polar surface area (TPSA) is 79.6 Å². The van der Waals surface area contributed by atoms with E-state index in [1.807, 2.05) is 22.9 Å². The lowest BCUT2D eigenvalue weighted by molar-refractivity contribution is 0.0382. The highest BCUT2D eigenvalue weighted by Gasteiger charge is 2.33. The number of fused-ring (bicyclic) bond motifs is 2. The highest BCUT2D eigenvalue weighted by atomic mass is 16.5. The highest BCUT2D eigenvalue weighted by molar-refractivity contribution is 5.94. The fourth-order valence-corrected chi connectivity index (χ4v) is 4.65. The average Bonchev–Trinajstić information content (AvgIpc) is 3.20. The number of ether oxygens (including phenoxy) is 1. The predicted molar refractivity (Wildman–Crippen MR) is 117 cm³/mol. The summed E-state index contributed by atoms with van der Waals surface area (Å²) in [5.41, 5.74) is 2.49. The summed E-state index contributed by atoms with van der Waals surface area (Å²) in [6.45, 7) is 7.46. The van der Waals surface area contributed by atoms with Crippen LogP contribution in [0.15, 0.2) is 35.3 Å². The average molecular weight is 410 g/mol. The predicted octanol–water partition coefficient (Wildman–Crippen LogP) is 2.07. The normalized spacial score (nSPS) is 24.1. The molecule has 2 aromatic rings. The molecule has 2 unspecified atom stereocenters. The second-order valence-electron chi connectivity index (χ2n) is 8.38. The van der Waals surface area contributed by atoms with Gasteiger partial charge in [0.25, 0.3) is 0 Å². The molecule has 2 N–H and O–H groups in total. The summed E-state index contributed by atoms with van der Waals surface area (Å²) in [5.74, 6) is 1.86. The Hall–Kier alpha value is -2.29. The zero-order valence-electron chi connectivity index (χ0n) is 17.5. The van der Waals surface area contributed by atoms with Gasteiger partial charge in [-0.2, -0.15) is 4.98 Å². The Morgan fingerprint density at radius 1 is 1.10 bits per heavy atom. The van der Waals surface area contributed by atoms with Gasteiger partial charge < -0.3 is 15.4 Å². The van der Waals surface area contributed by atoms with Crippen molar-refractivity contribution in [3.63, 3.8) is 0 Å². The second-order valence-corrected chi connectivity index (χ2v) is 8.38. The molecule has 0 spiro atoms. The largest absolute Gasteiger partial charge is 0.379 e. The molecule has 5 rings (SSSR count). The minimum atomic E-state index is 0.357. The fourth-order valence-electron chi connectivity index (χ4n) is 4.65. The molecule has 2 fully saturated rings. The molecule has 3 aliphatic rings. The third kappa shape index (κ3) is 4.55. The molecule has 0 bridgehead atoms. The van der Waals surface area contributed by atoms with E-state index in [9.17, 15) is 0 Å². The molecule has 3 heterocycles. The molecule has 1 saturated carbocycles. The smallest absolute Gasteiger partial charge is 0.249 e. The van der Waals surface area contributed by atoms with Gasteiger partial charge in [-0.15, -0.1) is 5.10 Å². The van der Waals surface area contributed by atoms with Crippen molar-refractivity contribution in [3.8, 4) is 0 Å². The third-order valence-corrected chi connectivity index (χ3v) is 6.31. The minimum Gasteiger partial charge on any atom is -0.379 e. The number of nitrogens with one attached hydrogen (secondary N) is 2. The van der Waals surface area contributed by atoms with Crippen LogP contribution in [0.2, 0.25) is 0 Å². The summed E-state index contributed by atoms with van der Waals surface area (Å²) in [4.78, 5) is 12.1. The molecular weight excluding hydrogens is 378 g/mol. The van der Waals surface area contributed by atoms with Gasteiger partial charge in [-0.25, -0.2) is 9.67 Å². The lowest BCUT2D eigenvalue weighted by Gasteiger charge is -2.34. The van der Waals surface area contributed by atoms with Gasteiger partial charge in [0.15, 0.2) is 0 Å². The number of aromatic nitrogens is 3. The monoisotopic (exact) mass is 409 g/mol. The number of hydrogen-bond acceptors (Lipinski definition) is 7. The van der Waals surface area contributed by atoms with Crippen LogP contribution in [0, 0.1) is 5.92 Å². The maximum Gasteiger partial charge on any atom is 0.249 e. The SMILES string of the molecule is c1ccc(CNc2nc3n(n2)CC2CCCC(NCCN4CCOCC4)C2=N3)cc1. The molecule has 8 heteroatoms. The Kier molecular flexibility index (Phi) is 6.06. The first-order valence-corrected chi connectivity index (χ1v) is 11.2. The van der Waals surface area contributed by atoms with Crippen LogP contribution in [-0.4, -0.2) is 70.8 Å². The first kappa shape index (κ1) is 19.7. The van der Waals surface area contributed by atoms with Gasteiger partial charge >= 0.3 is 0 Å². The van der Waals surface area contributed by atoms with Gasteiger partial charge in [-0.05, 0) is 18.4 Å².